The molecule has 1 saturated carbocycles. The van der Waals surface area contributed by atoms with E-state index in [0.29, 0.717) is 0 Å². The largest absolute Gasteiger partial charge is 0.288 e. The molecule has 2 unspecified atom stereocenters. The van der Waals surface area contributed by atoms with Gasteiger partial charge < -0.3 is 0 Å². The zero-order chi connectivity index (χ0) is 3.78. The van der Waals surface area contributed by atoms with Crippen LogP contribution in [-0.2, 0) is 0 Å². The molecule has 2 saturated heterocycles. The van der Waals surface area contributed by atoms with Crippen molar-refractivity contribution >= 4 is 0 Å². The average Bonchev–Trinajstić information content (AvgIpc) is 2.30. The van der Waals surface area contributed by atoms with Crippen LogP contribution in [0.1, 0.15) is 12.8 Å². The van der Waals surface area contributed by atoms with Gasteiger partial charge in [-0.15, -0.1) is 0 Å². The summed E-state index contributed by atoms with van der Waals surface area (Å²) in [6.45, 7) is 1.44. The Balaban J connectivity index is 2.15. The predicted octanol–water partition coefficient (Wildman–Crippen LogP) is 0.217. The van der Waals surface area contributed by atoms with Crippen molar-refractivity contribution in [2.75, 3.05) is 6.54 Å². The third-order valence-electron chi connectivity index (χ3n) is 2.50. The Kier molecular flexibility index (Phi) is 0.134. The quantitative estimate of drug-likeness (QED) is 0.377. The molecule has 3 fully saturated rings. The second-order valence-electron chi connectivity index (χ2n) is 2.77. The number of hydrogen-bond acceptors (Lipinski definition) is 1. The van der Waals surface area contributed by atoms with Crippen molar-refractivity contribution in [3.05, 3.63) is 0 Å². The zero-order valence-corrected chi connectivity index (χ0v) is 3.65. The van der Waals surface area contributed by atoms with Crippen LogP contribution in [0.25, 0.3) is 0 Å². The zero-order valence-electron chi connectivity index (χ0n) is 3.65. The lowest BCUT2D eigenvalue weighted by Gasteiger charge is -1.87. The van der Waals surface area contributed by atoms with E-state index in [1.807, 2.05) is 0 Å². The van der Waals surface area contributed by atoms with Gasteiger partial charge in [0, 0.05) is 18.1 Å². The monoisotopic (exact) mass is 81.1 g/mol. The van der Waals surface area contributed by atoms with Gasteiger partial charge in [-0.05, 0) is 12.8 Å². The molecule has 0 amide bonds. The fourth-order valence-electron chi connectivity index (χ4n) is 1.63. The minimum Gasteiger partial charge on any atom is -0.288 e. The topological polar surface area (TPSA) is 3.01 Å². The highest BCUT2D eigenvalue weighted by molar-refractivity contribution is 5.37. The average molecular weight is 81.1 g/mol. The molecule has 0 radical (unpaired) electrons. The van der Waals surface area contributed by atoms with Crippen molar-refractivity contribution in [3.8, 4) is 0 Å². The van der Waals surface area contributed by atoms with Crippen LogP contribution in [0.5, 0.6) is 0 Å². The first kappa shape index (κ1) is 2.31. The molecule has 6 heavy (non-hydrogen) atoms. The van der Waals surface area contributed by atoms with Crippen molar-refractivity contribution in [2.24, 2.45) is 0 Å². The molecule has 1 heteroatoms. The summed E-state index contributed by atoms with van der Waals surface area (Å²) in [6.07, 6.45) is 3.05. The molecule has 3 aliphatic rings. The maximum atomic E-state index is 2.59. The van der Waals surface area contributed by atoms with E-state index < -0.39 is 0 Å². The number of hydrogen-bond donors (Lipinski definition) is 0. The van der Waals surface area contributed by atoms with Crippen LogP contribution in [-0.4, -0.2) is 23.0 Å². The molecule has 0 aromatic heterocycles. The fourth-order valence-corrected chi connectivity index (χ4v) is 1.63. The van der Waals surface area contributed by atoms with Gasteiger partial charge in [0.05, 0.1) is 0 Å². The first-order chi connectivity index (χ1) is 2.93. The Morgan fingerprint density at radius 1 is 1.50 bits per heavy atom. The molecule has 0 aromatic carbocycles. The first-order valence-electron chi connectivity index (χ1n) is 2.70. The number of nitrogens with zero attached hydrogens (tertiary/aromatic N) is 1. The molecule has 0 bridgehead atoms. The van der Waals surface area contributed by atoms with Crippen LogP contribution in [0.3, 0.4) is 0 Å². The molecule has 2 aliphatic heterocycles. The third kappa shape index (κ3) is 0.0790. The van der Waals surface area contributed by atoms with E-state index in [-0.39, 0.29) is 0 Å². The van der Waals surface area contributed by atoms with Gasteiger partial charge in [-0.1, -0.05) is 0 Å². The highest BCUT2D eigenvalue weighted by atomic mass is 15.6. The second kappa shape index (κ2) is 0.348. The van der Waals surface area contributed by atoms with Gasteiger partial charge in [0.25, 0.3) is 0 Å². The van der Waals surface area contributed by atoms with Crippen LogP contribution >= 0.6 is 0 Å². The number of fused-ring (bicyclic) bond motifs is 3. The Hall–Kier alpha value is -0.0400. The highest BCUT2D eigenvalue weighted by Gasteiger charge is 2.80. The van der Waals surface area contributed by atoms with E-state index in [2.05, 4.69) is 4.90 Å². The van der Waals surface area contributed by atoms with E-state index in [9.17, 15) is 0 Å². The normalized spacial score (nSPS) is 64.0. The molecule has 1 spiro atoms. The van der Waals surface area contributed by atoms with Crippen molar-refractivity contribution < 1.29 is 0 Å². The molecule has 32 valence electrons. The Morgan fingerprint density at radius 3 is 2.17 bits per heavy atom. The first-order valence-corrected chi connectivity index (χ1v) is 2.70. The van der Waals surface area contributed by atoms with Crippen LogP contribution < -0.4 is 0 Å². The van der Waals surface area contributed by atoms with Gasteiger partial charge in [-0.3, -0.25) is 4.90 Å². The number of rotatable bonds is 0. The molecule has 1 aliphatic carbocycles. The molecule has 2 atom stereocenters. The third-order valence-corrected chi connectivity index (χ3v) is 2.50. The van der Waals surface area contributed by atoms with Crippen molar-refractivity contribution in [1.82, 2.24) is 4.90 Å². The Bertz CT molecular complexity index is 105. The Labute approximate surface area is 36.9 Å². The van der Waals surface area contributed by atoms with Crippen LogP contribution in [0.4, 0.5) is 0 Å². The molecule has 0 N–H and O–H groups in total. The fraction of sp³-hybridized carbons (Fsp3) is 1.00. The van der Waals surface area contributed by atoms with Gasteiger partial charge in [0.2, 0.25) is 0 Å². The lowest BCUT2D eigenvalue weighted by atomic mass is 10.3. The summed E-state index contributed by atoms with van der Waals surface area (Å²) in [7, 11) is 0. The molecule has 2 heterocycles. The van der Waals surface area contributed by atoms with Gasteiger partial charge in [0.1, 0.15) is 0 Å². The summed E-state index contributed by atoms with van der Waals surface area (Å²) in [5.41, 5.74) is 0.889. The molecule has 0 aromatic rings. The highest BCUT2D eigenvalue weighted by Crippen LogP contribution is 2.69. The van der Waals surface area contributed by atoms with Crippen molar-refractivity contribution in [3.63, 3.8) is 0 Å². The molecule has 3 rings (SSSR count). The van der Waals surface area contributed by atoms with Gasteiger partial charge >= 0.3 is 0 Å². The van der Waals surface area contributed by atoms with E-state index >= 15 is 0 Å². The predicted molar refractivity (Wildman–Crippen MR) is 22.5 cm³/mol. The van der Waals surface area contributed by atoms with Crippen molar-refractivity contribution in [2.45, 2.75) is 24.4 Å². The summed E-state index contributed by atoms with van der Waals surface area (Å²) in [6, 6.07) is 1.11. The van der Waals surface area contributed by atoms with E-state index in [4.69, 9.17) is 0 Å². The SMILES string of the molecule is C1C2N1C21CC1. The Morgan fingerprint density at radius 2 is 2.17 bits per heavy atom. The summed E-state index contributed by atoms with van der Waals surface area (Å²) >= 11 is 0. The maximum absolute atomic E-state index is 2.59. The molecular weight excluding hydrogens is 74.1 g/mol. The maximum Gasteiger partial charge on any atom is 0.0414 e. The summed E-state index contributed by atoms with van der Waals surface area (Å²) in [5.74, 6) is 0. The van der Waals surface area contributed by atoms with Crippen LogP contribution in [0.2, 0.25) is 0 Å². The van der Waals surface area contributed by atoms with Crippen molar-refractivity contribution in [1.29, 1.82) is 0 Å². The van der Waals surface area contributed by atoms with E-state index in [0.717, 1.165) is 11.6 Å². The minimum atomic E-state index is 0.889. The summed E-state index contributed by atoms with van der Waals surface area (Å²) in [4.78, 5) is 2.59. The van der Waals surface area contributed by atoms with Gasteiger partial charge in [-0.25, -0.2) is 0 Å². The van der Waals surface area contributed by atoms with Crippen LogP contribution in [0.15, 0.2) is 0 Å². The van der Waals surface area contributed by atoms with E-state index in [1.165, 1.54) is 19.4 Å². The molecule has 1 nitrogen and oxygen atoms in total. The summed E-state index contributed by atoms with van der Waals surface area (Å²) < 4.78 is 0. The second-order valence-corrected chi connectivity index (χ2v) is 2.77. The lowest BCUT2D eigenvalue weighted by Crippen LogP contribution is -2.03. The van der Waals surface area contributed by atoms with Crippen LogP contribution in [0, 0.1) is 0 Å². The van der Waals surface area contributed by atoms with Gasteiger partial charge in [-0.2, -0.15) is 0 Å². The molecular formula is C5H7N. The lowest BCUT2D eigenvalue weighted by molar-refractivity contribution is 0.626. The summed E-state index contributed by atoms with van der Waals surface area (Å²) in [5, 5.41) is 0. The van der Waals surface area contributed by atoms with Gasteiger partial charge in [0.15, 0.2) is 0 Å². The standard InChI is InChI=1S/C5H7N/c1-2-5(1)4-3-6(4)5/h4H,1-3H2. The smallest absolute Gasteiger partial charge is 0.0414 e. The minimum absolute atomic E-state index is 0.889. The van der Waals surface area contributed by atoms with E-state index in [1.54, 1.807) is 0 Å².